The molecule has 0 amide bonds. The molecule has 0 aliphatic heterocycles. The normalized spacial score (nSPS) is 19.2. The molecule has 1 aromatic heterocycles. The molecule has 0 unspecified atom stereocenters. The fourth-order valence-electron chi connectivity index (χ4n) is 3.45. The lowest BCUT2D eigenvalue weighted by molar-refractivity contribution is 0.0684. The minimum absolute atomic E-state index is 0.171. The van der Waals surface area contributed by atoms with Gasteiger partial charge in [0, 0.05) is 31.9 Å². The van der Waals surface area contributed by atoms with Crippen LogP contribution < -0.4 is 5.73 Å². The smallest absolute Gasteiger partial charge is 0.0967 e. The topological polar surface area (TPSA) is 60.0 Å². The second-order valence-electron chi connectivity index (χ2n) is 6.15. The zero-order chi connectivity index (χ0) is 14.4. The highest BCUT2D eigenvalue weighted by Gasteiger charge is 2.35. The third-order valence-electron chi connectivity index (χ3n) is 4.58. The van der Waals surface area contributed by atoms with Gasteiger partial charge in [-0.1, -0.05) is 37.8 Å². The Morgan fingerprint density at radius 3 is 2.50 bits per heavy atom. The summed E-state index contributed by atoms with van der Waals surface area (Å²) in [7, 11) is 1.92. The Labute approximate surface area is 122 Å². The van der Waals surface area contributed by atoms with Crippen molar-refractivity contribution in [3.05, 3.63) is 11.9 Å². The molecule has 2 N–H and O–H groups in total. The zero-order valence-corrected chi connectivity index (χ0v) is 13.0. The van der Waals surface area contributed by atoms with Gasteiger partial charge in [0.1, 0.15) is 0 Å². The molecule has 1 aromatic rings. The van der Waals surface area contributed by atoms with E-state index in [9.17, 15) is 0 Å². The Kier molecular flexibility index (Phi) is 5.54. The predicted molar refractivity (Wildman–Crippen MR) is 81.2 cm³/mol. The van der Waals surface area contributed by atoms with E-state index in [1.54, 1.807) is 4.68 Å². The Morgan fingerprint density at radius 1 is 1.30 bits per heavy atom. The fraction of sp³-hybridized carbons (Fsp3) is 0.867. The summed E-state index contributed by atoms with van der Waals surface area (Å²) in [6.45, 7) is 4.96. The number of hydrogen-bond acceptors (Lipinski definition) is 4. The summed E-state index contributed by atoms with van der Waals surface area (Å²) >= 11 is 0. The van der Waals surface area contributed by atoms with Gasteiger partial charge in [0.15, 0.2) is 0 Å². The molecule has 114 valence electrons. The maximum absolute atomic E-state index is 6.21. The van der Waals surface area contributed by atoms with E-state index >= 15 is 0 Å². The van der Waals surface area contributed by atoms with Gasteiger partial charge in [-0.05, 0) is 25.8 Å². The van der Waals surface area contributed by atoms with E-state index in [0.29, 0.717) is 0 Å². The van der Waals surface area contributed by atoms with Crippen LogP contribution in [0, 0.1) is 0 Å². The van der Waals surface area contributed by atoms with Crippen molar-refractivity contribution in [1.29, 1.82) is 0 Å². The van der Waals surface area contributed by atoms with Crippen LogP contribution in [-0.4, -0.2) is 38.5 Å². The minimum atomic E-state index is 0.171. The monoisotopic (exact) mass is 279 g/mol. The van der Waals surface area contributed by atoms with Crippen LogP contribution in [0.25, 0.3) is 0 Å². The van der Waals surface area contributed by atoms with Crippen molar-refractivity contribution in [1.82, 2.24) is 19.9 Å². The molecule has 0 bridgehead atoms. The van der Waals surface area contributed by atoms with Crippen LogP contribution >= 0.6 is 0 Å². The third kappa shape index (κ3) is 3.58. The van der Waals surface area contributed by atoms with Crippen LogP contribution in [0.5, 0.6) is 0 Å². The Morgan fingerprint density at radius 2 is 2.00 bits per heavy atom. The SMILES string of the molecule is CCCN(Cc1cn(C)nn1)C1(CN)CCCCCC1. The second kappa shape index (κ2) is 7.18. The summed E-state index contributed by atoms with van der Waals surface area (Å²) in [5.74, 6) is 0. The van der Waals surface area contributed by atoms with Crippen molar-refractivity contribution in [2.24, 2.45) is 12.8 Å². The molecule has 5 nitrogen and oxygen atoms in total. The average molecular weight is 279 g/mol. The van der Waals surface area contributed by atoms with E-state index in [2.05, 4.69) is 22.1 Å². The van der Waals surface area contributed by atoms with Crippen LogP contribution in [0.4, 0.5) is 0 Å². The third-order valence-corrected chi connectivity index (χ3v) is 4.58. The lowest BCUT2D eigenvalue weighted by Crippen LogP contribution is -2.53. The zero-order valence-electron chi connectivity index (χ0n) is 13.0. The van der Waals surface area contributed by atoms with E-state index in [-0.39, 0.29) is 5.54 Å². The first-order valence-corrected chi connectivity index (χ1v) is 8.00. The lowest BCUT2D eigenvalue weighted by atomic mass is 9.87. The standard InChI is InChI=1S/C15H29N5/c1-3-10-20(12-14-11-19(2)18-17-14)15(13-16)8-6-4-5-7-9-15/h11H,3-10,12-13,16H2,1-2H3. The quantitative estimate of drug-likeness (QED) is 0.810. The van der Waals surface area contributed by atoms with Gasteiger partial charge in [-0.25, -0.2) is 0 Å². The number of nitrogens with zero attached hydrogens (tertiary/aromatic N) is 4. The largest absolute Gasteiger partial charge is 0.329 e. The van der Waals surface area contributed by atoms with E-state index in [4.69, 9.17) is 5.73 Å². The van der Waals surface area contributed by atoms with Crippen molar-refractivity contribution < 1.29 is 0 Å². The van der Waals surface area contributed by atoms with Crippen LogP contribution in [0.15, 0.2) is 6.20 Å². The summed E-state index contributed by atoms with van der Waals surface area (Å²) in [5.41, 5.74) is 7.44. The van der Waals surface area contributed by atoms with Crippen LogP contribution in [0.3, 0.4) is 0 Å². The van der Waals surface area contributed by atoms with Crippen molar-refractivity contribution in [2.45, 2.75) is 64.0 Å². The Balaban J connectivity index is 2.15. The number of aryl methyl sites for hydroxylation is 1. The molecule has 0 radical (unpaired) electrons. The van der Waals surface area contributed by atoms with Crippen molar-refractivity contribution in [3.8, 4) is 0 Å². The van der Waals surface area contributed by atoms with Gasteiger partial charge >= 0.3 is 0 Å². The van der Waals surface area contributed by atoms with Gasteiger partial charge in [0.2, 0.25) is 0 Å². The van der Waals surface area contributed by atoms with Crippen LogP contribution in [-0.2, 0) is 13.6 Å². The molecular weight excluding hydrogens is 250 g/mol. The summed E-state index contributed by atoms with van der Waals surface area (Å²) in [5, 5.41) is 8.30. The predicted octanol–water partition coefficient (Wildman–Crippen LogP) is 2.08. The minimum Gasteiger partial charge on any atom is -0.329 e. The number of aromatic nitrogens is 3. The molecule has 0 aromatic carbocycles. The first kappa shape index (κ1) is 15.4. The van der Waals surface area contributed by atoms with E-state index in [1.165, 1.54) is 38.5 Å². The molecule has 1 heterocycles. The first-order chi connectivity index (χ1) is 9.70. The maximum Gasteiger partial charge on any atom is 0.0967 e. The Hall–Kier alpha value is -0.940. The van der Waals surface area contributed by atoms with Crippen molar-refractivity contribution in [3.63, 3.8) is 0 Å². The van der Waals surface area contributed by atoms with Crippen molar-refractivity contribution >= 4 is 0 Å². The molecule has 0 saturated heterocycles. The molecule has 2 rings (SSSR count). The highest BCUT2D eigenvalue weighted by molar-refractivity contribution is 4.99. The van der Waals surface area contributed by atoms with Crippen LogP contribution in [0.2, 0.25) is 0 Å². The van der Waals surface area contributed by atoms with Gasteiger partial charge in [0.25, 0.3) is 0 Å². The number of nitrogens with two attached hydrogens (primary N) is 1. The average Bonchev–Trinajstić information content (AvgIpc) is 2.72. The van der Waals surface area contributed by atoms with Gasteiger partial charge in [-0.15, -0.1) is 5.10 Å². The summed E-state index contributed by atoms with van der Waals surface area (Å²) in [6.07, 6.45) is 10.9. The van der Waals surface area contributed by atoms with E-state index in [1.807, 2.05) is 13.2 Å². The molecule has 0 spiro atoms. The lowest BCUT2D eigenvalue weighted by Gasteiger charge is -2.43. The first-order valence-electron chi connectivity index (χ1n) is 8.00. The molecule has 1 saturated carbocycles. The van der Waals surface area contributed by atoms with E-state index < -0.39 is 0 Å². The Bertz CT molecular complexity index is 393. The van der Waals surface area contributed by atoms with E-state index in [0.717, 1.165) is 31.7 Å². The van der Waals surface area contributed by atoms with Gasteiger partial charge in [-0.2, -0.15) is 0 Å². The molecule has 1 aliphatic rings. The highest BCUT2D eigenvalue weighted by Crippen LogP contribution is 2.33. The molecule has 5 heteroatoms. The fourth-order valence-corrected chi connectivity index (χ4v) is 3.45. The van der Waals surface area contributed by atoms with Gasteiger partial charge < -0.3 is 5.73 Å². The number of rotatable bonds is 6. The number of hydrogen-bond donors (Lipinski definition) is 1. The molecule has 0 atom stereocenters. The van der Waals surface area contributed by atoms with Gasteiger partial charge in [-0.3, -0.25) is 9.58 Å². The second-order valence-corrected chi connectivity index (χ2v) is 6.15. The summed E-state index contributed by atoms with van der Waals surface area (Å²) < 4.78 is 1.78. The summed E-state index contributed by atoms with van der Waals surface area (Å²) in [4.78, 5) is 2.57. The highest BCUT2D eigenvalue weighted by atomic mass is 15.4. The molecule has 1 aliphatic carbocycles. The molecule has 1 fully saturated rings. The van der Waals surface area contributed by atoms with Crippen LogP contribution in [0.1, 0.15) is 57.6 Å². The molecular formula is C15H29N5. The summed E-state index contributed by atoms with van der Waals surface area (Å²) in [6, 6.07) is 0. The maximum atomic E-state index is 6.21. The molecule has 20 heavy (non-hydrogen) atoms. The van der Waals surface area contributed by atoms with Crippen molar-refractivity contribution in [2.75, 3.05) is 13.1 Å². The van der Waals surface area contributed by atoms with Gasteiger partial charge in [0.05, 0.1) is 5.69 Å².